The molecule has 0 unspecified atom stereocenters. The molecule has 0 aliphatic carbocycles. The number of sulfone groups is 1. The van der Waals surface area contributed by atoms with E-state index in [-0.39, 0.29) is 16.1 Å². The quantitative estimate of drug-likeness (QED) is 0.774. The molecule has 0 bridgehead atoms. The first-order valence-electron chi connectivity index (χ1n) is 8.40. The van der Waals surface area contributed by atoms with E-state index in [1.807, 2.05) is 45.0 Å². The van der Waals surface area contributed by atoms with Gasteiger partial charge in [0.05, 0.1) is 0 Å². The third-order valence-electron chi connectivity index (χ3n) is 4.17. The van der Waals surface area contributed by atoms with Gasteiger partial charge in [-0.1, -0.05) is 57.2 Å². The zero-order valence-corrected chi connectivity index (χ0v) is 16.2. The summed E-state index contributed by atoms with van der Waals surface area (Å²) >= 11 is 0. The van der Waals surface area contributed by atoms with Crippen LogP contribution in [0.25, 0.3) is 0 Å². The molecule has 0 spiro atoms. The van der Waals surface area contributed by atoms with Gasteiger partial charge in [0.1, 0.15) is 10.6 Å². The van der Waals surface area contributed by atoms with Crippen molar-refractivity contribution in [2.45, 2.75) is 44.0 Å². The van der Waals surface area contributed by atoms with E-state index in [1.54, 1.807) is 6.07 Å². The molecule has 0 atom stereocenters. The van der Waals surface area contributed by atoms with Gasteiger partial charge in [-0.2, -0.15) is 0 Å². The minimum atomic E-state index is -3.49. The fourth-order valence-corrected chi connectivity index (χ4v) is 3.44. The van der Waals surface area contributed by atoms with E-state index in [0.29, 0.717) is 12.1 Å². The summed E-state index contributed by atoms with van der Waals surface area (Å²) in [6.07, 6.45) is 2.00. The summed E-state index contributed by atoms with van der Waals surface area (Å²) in [6, 6.07) is 13.6. The predicted molar refractivity (Wildman–Crippen MR) is 102 cm³/mol. The van der Waals surface area contributed by atoms with Gasteiger partial charge in [-0.3, -0.25) is 0 Å². The van der Waals surface area contributed by atoms with Crippen LogP contribution in [0.2, 0.25) is 0 Å². The molecule has 0 amide bonds. The van der Waals surface area contributed by atoms with Crippen LogP contribution in [0.1, 0.15) is 37.5 Å². The van der Waals surface area contributed by atoms with Crippen molar-refractivity contribution in [2.75, 3.05) is 12.8 Å². The number of hydrogen-bond acceptors (Lipinski definition) is 4. The van der Waals surface area contributed by atoms with Crippen LogP contribution < -0.4 is 5.32 Å². The molecule has 0 aliphatic rings. The molecule has 0 fully saturated rings. The first kappa shape index (κ1) is 19.5. The molecule has 0 saturated carbocycles. The van der Waals surface area contributed by atoms with Crippen molar-refractivity contribution in [3.63, 3.8) is 0 Å². The molecular weight excluding hydrogens is 334 g/mol. The molecule has 0 aromatic heterocycles. The first-order chi connectivity index (χ1) is 11.6. The molecule has 4 nitrogen and oxygen atoms in total. The van der Waals surface area contributed by atoms with Gasteiger partial charge in [0.15, 0.2) is 9.84 Å². The van der Waals surface area contributed by atoms with Crippen LogP contribution in [0, 0.1) is 0 Å². The molecule has 0 heterocycles. The Morgan fingerprint density at radius 3 is 2.28 bits per heavy atom. The predicted octanol–water partition coefficient (Wildman–Crippen LogP) is 3.43. The number of aromatic hydroxyl groups is 1. The molecule has 136 valence electrons. The van der Waals surface area contributed by atoms with E-state index in [2.05, 4.69) is 17.4 Å². The number of phenolic OH excluding ortho intramolecular Hbond substituents is 1. The van der Waals surface area contributed by atoms with E-state index in [0.717, 1.165) is 24.8 Å². The Hall–Kier alpha value is -1.85. The van der Waals surface area contributed by atoms with Crippen molar-refractivity contribution in [1.82, 2.24) is 5.32 Å². The van der Waals surface area contributed by atoms with E-state index in [1.165, 1.54) is 5.56 Å². The van der Waals surface area contributed by atoms with E-state index in [9.17, 15) is 13.5 Å². The monoisotopic (exact) mass is 361 g/mol. The second kappa shape index (κ2) is 7.58. The first-order valence-corrected chi connectivity index (χ1v) is 10.3. The normalized spacial score (nSPS) is 12.3. The van der Waals surface area contributed by atoms with Gasteiger partial charge in [-0.15, -0.1) is 0 Å². The Labute approximate surface area is 150 Å². The molecule has 2 rings (SSSR count). The second-order valence-corrected chi connectivity index (χ2v) is 9.40. The molecule has 5 heteroatoms. The lowest BCUT2D eigenvalue weighted by molar-refractivity contribution is 0.446. The van der Waals surface area contributed by atoms with Crippen LogP contribution in [0.5, 0.6) is 5.75 Å². The maximum absolute atomic E-state index is 12.0. The number of phenols is 1. The standard InChI is InChI=1S/C20H27NO3S/c1-20(2,3)17-12-16(19(22)18(13-17)25(4,23)24)14-21-11-10-15-8-6-5-7-9-15/h5-9,12-13,21-22H,10-11,14H2,1-4H3. The number of nitrogens with one attached hydrogen (secondary N) is 1. The summed E-state index contributed by atoms with van der Waals surface area (Å²) in [5.41, 5.74) is 2.54. The molecule has 0 radical (unpaired) electrons. The van der Waals surface area contributed by atoms with E-state index in [4.69, 9.17) is 0 Å². The van der Waals surface area contributed by atoms with Gasteiger partial charge in [0, 0.05) is 18.4 Å². The molecular formula is C20H27NO3S. The van der Waals surface area contributed by atoms with Crippen molar-refractivity contribution in [2.24, 2.45) is 0 Å². The summed E-state index contributed by atoms with van der Waals surface area (Å²) in [7, 11) is -3.49. The third kappa shape index (κ3) is 5.31. The van der Waals surface area contributed by atoms with Gasteiger partial charge in [-0.25, -0.2) is 8.42 Å². The van der Waals surface area contributed by atoms with Crippen LogP contribution in [0.15, 0.2) is 47.4 Å². The lowest BCUT2D eigenvalue weighted by Crippen LogP contribution is -2.19. The Morgan fingerprint density at radius 2 is 1.72 bits per heavy atom. The fraction of sp³-hybridized carbons (Fsp3) is 0.400. The largest absolute Gasteiger partial charge is 0.506 e. The smallest absolute Gasteiger partial charge is 0.179 e. The zero-order valence-electron chi connectivity index (χ0n) is 15.3. The van der Waals surface area contributed by atoms with Crippen molar-refractivity contribution in [1.29, 1.82) is 0 Å². The summed E-state index contributed by atoms with van der Waals surface area (Å²) in [5, 5.41) is 13.7. The molecule has 25 heavy (non-hydrogen) atoms. The summed E-state index contributed by atoms with van der Waals surface area (Å²) in [4.78, 5) is -0.000200. The minimum Gasteiger partial charge on any atom is -0.506 e. The second-order valence-electron chi connectivity index (χ2n) is 7.42. The maximum Gasteiger partial charge on any atom is 0.179 e. The number of rotatable bonds is 6. The highest BCUT2D eigenvalue weighted by molar-refractivity contribution is 7.90. The Bertz CT molecular complexity index is 822. The fourth-order valence-electron chi connectivity index (χ4n) is 2.62. The van der Waals surface area contributed by atoms with Crippen molar-refractivity contribution in [3.8, 4) is 5.75 Å². The molecule has 2 aromatic rings. The molecule has 2 aromatic carbocycles. The van der Waals surface area contributed by atoms with Gasteiger partial charge in [-0.05, 0) is 35.6 Å². The minimum absolute atomic E-state index is 0.000200. The molecule has 0 aliphatic heterocycles. The van der Waals surface area contributed by atoms with Crippen molar-refractivity contribution < 1.29 is 13.5 Å². The van der Waals surface area contributed by atoms with Crippen LogP contribution in [-0.4, -0.2) is 26.3 Å². The van der Waals surface area contributed by atoms with Crippen LogP contribution in [-0.2, 0) is 28.2 Å². The molecule has 2 N–H and O–H groups in total. The van der Waals surface area contributed by atoms with Gasteiger partial charge >= 0.3 is 0 Å². The maximum atomic E-state index is 12.0. The lowest BCUT2D eigenvalue weighted by atomic mass is 9.86. The highest BCUT2D eigenvalue weighted by Crippen LogP contribution is 2.33. The number of hydrogen-bond donors (Lipinski definition) is 2. The van der Waals surface area contributed by atoms with Crippen molar-refractivity contribution in [3.05, 3.63) is 59.2 Å². The zero-order chi connectivity index (χ0) is 18.7. The highest BCUT2D eigenvalue weighted by Gasteiger charge is 2.22. The summed E-state index contributed by atoms with van der Waals surface area (Å²) in [5.74, 6) is -0.150. The third-order valence-corrected chi connectivity index (χ3v) is 5.28. The average molecular weight is 362 g/mol. The summed E-state index contributed by atoms with van der Waals surface area (Å²) in [6.45, 7) is 7.25. The lowest BCUT2D eigenvalue weighted by Gasteiger charge is -2.22. The Morgan fingerprint density at radius 1 is 1.08 bits per heavy atom. The van der Waals surface area contributed by atoms with Gasteiger partial charge in [0.25, 0.3) is 0 Å². The van der Waals surface area contributed by atoms with Crippen LogP contribution >= 0.6 is 0 Å². The average Bonchev–Trinajstić information content (AvgIpc) is 2.51. The van der Waals surface area contributed by atoms with E-state index < -0.39 is 9.84 Å². The van der Waals surface area contributed by atoms with Gasteiger partial charge in [0.2, 0.25) is 0 Å². The number of benzene rings is 2. The Balaban J connectivity index is 2.18. The van der Waals surface area contributed by atoms with Crippen LogP contribution in [0.4, 0.5) is 0 Å². The van der Waals surface area contributed by atoms with Crippen molar-refractivity contribution >= 4 is 9.84 Å². The summed E-state index contributed by atoms with van der Waals surface area (Å²) < 4.78 is 24.0. The SMILES string of the molecule is CC(C)(C)c1cc(CNCCc2ccccc2)c(O)c(S(C)(=O)=O)c1. The van der Waals surface area contributed by atoms with Gasteiger partial charge < -0.3 is 10.4 Å². The topological polar surface area (TPSA) is 66.4 Å². The molecule has 0 saturated heterocycles. The van der Waals surface area contributed by atoms with Crippen LogP contribution in [0.3, 0.4) is 0 Å². The Kier molecular flexibility index (Phi) is 5.91. The van der Waals surface area contributed by atoms with E-state index >= 15 is 0 Å². The highest BCUT2D eigenvalue weighted by atomic mass is 32.2.